The Morgan fingerprint density at radius 1 is 1.04 bits per heavy atom. The summed E-state index contributed by atoms with van der Waals surface area (Å²) in [5, 5.41) is 8.77. The number of piperidine rings is 1. The van der Waals surface area contributed by atoms with Crippen LogP contribution < -0.4 is 15.4 Å². The Balaban J connectivity index is 1.60. The van der Waals surface area contributed by atoms with E-state index in [2.05, 4.69) is 35.3 Å². The van der Waals surface area contributed by atoms with E-state index in [1.807, 2.05) is 18.2 Å². The normalized spacial score (nSPS) is 16.2. The summed E-state index contributed by atoms with van der Waals surface area (Å²) < 4.78 is 22.6. The Morgan fingerprint density at radius 2 is 1.67 bits per heavy atom. The van der Waals surface area contributed by atoms with Gasteiger partial charge in [-0.15, -0.1) is 0 Å². The summed E-state index contributed by atoms with van der Waals surface area (Å²) in [6, 6.07) is 15.6. The Labute approximate surface area is 143 Å². The minimum absolute atomic E-state index is 0.155. The quantitative estimate of drug-likeness (QED) is 0.893. The largest absolute Gasteiger partial charge is 0.382 e. The third-order valence-electron chi connectivity index (χ3n) is 4.53. The summed E-state index contributed by atoms with van der Waals surface area (Å²) in [6.45, 7) is 4.00. The van der Waals surface area contributed by atoms with E-state index in [4.69, 9.17) is 5.14 Å². The van der Waals surface area contributed by atoms with E-state index < -0.39 is 10.0 Å². The van der Waals surface area contributed by atoms with Gasteiger partial charge >= 0.3 is 0 Å². The molecule has 0 atom stereocenters. The number of nitrogens with two attached hydrogens (primary N) is 1. The van der Waals surface area contributed by atoms with E-state index >= 15 is 0 Å². The predicted octanol–water partition coefficient (Wildman–Crippen LogP) is 2.72. The van der Waals surface area contributed by atoms with Crippen molar-refractivity contribution in [2.24, 2.45) is 5.14 Å². The summed E-state index contributed by atoms with van der Waals surface area (Å²) in [7, 11) is -3.63. The van der Waals surface area contributed by atoms with Crippen LogP contribution in [-0.4, -0.2) is 27.5 Å². The zero-order chi connectivity index (χ0) is 17.2. The van der Waals surface area contributed by atoms with E-state index in [0.29, 0.717) is 6.04 Å². The fourth-order valence-electron chi connectivity index (χ4n) is 3.08. The lowest BCUT2D eigenvalue weighted by molar-refractivity contribution is 0.526. The van der Waals surface area contributed by atoms with Gasteiger partial charge in [0.1, 0.15) is 0 Å². The predicted molar refractivity (Wildman–Crippen MR) is 97.9 cm³/mol. The summed E-state index contributed by atoms with van der Waals surface area (Å²) in [5.41, 5.74) is 3.50. The lowest BCUT2D eigenvalue weighted by atomic mass is 10.0. The Morgan fingerprint density at radius 3 is 2.25 bits per heavy atom. The SMILES string of the molecule is Cc1ccccc1NC1CCN(c2ccc(S(N)(=O)=O)cc2)CC1. The highest BCUT2D eigenvalue weighted by Gasteiger charge is 2.20. The molecule has 2 aromatic carbocycles. The molecule has 5 nitrogen and oxygen atoms in total. The van der Waals surface area contributed by atoms with Crippen molar-refractivity contribution in [3.63, 3.8) is 0 Å². The van der Waals surface area contributed by atoms with Crippen LogP contribution in [0.1, 0.15) is 18.4 Å². The van der Waals surface area contributed by atoms with Gasteiger partial charge in [-0.25, -0.2) is 13.6 Å². The lowest BCUT2D eigenvalue weighted by Crippen LogP contribution is -2.39. The summed E-state index contributed by atoms with van der Waals surface area (Å²) in [6.07, 6.45) is 2.09. The maximum Gasteiger partial charge on any atom is 0.238 e. The Bertz CT molecular complexity index is 795. The van der Waals surface area contributed by atoms with Crippen molar-refractivity contribution in [1.29, 1.82) is 0 Å². The second-order valence-corrected chi connectivity index (χ2v) is 7.82. The van der Waals surface area contributed by atoms with Crippen molar-refractivity contribution in [3.8, 4) is 0 Å². The zero-order valence-corrected chi connectivity index (χ0v) is 14.6. The van der Waals surface area contributed by atoms with Crippen molar-refractivity contribution in [2.75, 3.05) is 23.3 Å². The number of hydrogen-bond donors (Lipinski definition) is 2. The van der Waals surface area contributed by atoms with Crippen molar-refractivity contribution in [1.82, 2.24) is 0 Å². The van der Waals surface area contributed by atoms with Gasteiger partial charge < -0.3 is 10.2 Å². The molecule has 1 heterocycles. The highest BCUT2D eigenvalue weighted by Crippen LogP contribution is 2.24. The first kappa shape index (κ1) is 16.8. The van der Waals surface area contributed by atoms with Gasteiger partial charge in [-0.1, -0.05) is 18.2 Å². The maximum atomic E-state index is 11.3. The zero-order valence-electron chi connectivity index (χ0n) is 13.8. The molecular weight excluding hydrogens is 322 g/mol. The lowest BCUT2D eigenvalue weighted by Gasteiger charge is -2.34. The number of anilines is 2. The van der Waals surface area contributed by atoms with Crippen LogP contribution >= 0.6 is 0 Å². The second kappa shape index (κ2) is 6.83. The fourth-order valence-corrected chi connectivity index (χ4v) is 3.60. The first-order chi connectivity index (χ1) is 11.4. The molecule has 0 bridgehead atoms. The van der Waals surface area contributed by atoms with Crippen molar-refractivity contribution >= 4 is 21.4 Å². The second-order valence-electron chi connectivity index (χ2n) is 6.26. The number of sulfonamides is 1. The Kier molecular flexibility index (Phi) is 4.78. The van der Waals surface area contributed by atoms with Crippen molar-refractivity contribution in [3.05, 3.63) is 54.1 Å². The van der Waals surface area contributed by atoms with E-state index in [9.17, 15) is 8.42 Å². The monoisotopic (exact) mass is 345 g/mol. The Hall–Kier alpha value is -2.05. The van der Waals surface area contributed by atoms with Crippen molar-refractivity contribution < 1.29 is 8.42 Å². The molecule has 3 rings (SSSR count). The maximum absolute atomic E-state index is 11.3. The van der Waals surface area contributed by atoms with Crippen molar-refractivity contribution in [2.45, 2.75) is 30.7 Å². The minimum atomic E-state index is -3.63. The summed E-state index contributed by atoms with van der Waals surface area (Å²) >= 11 is 0. The van der Waals surface area contributed by atoms with Crippen LogP contribution in [-0.2, 0) is 10.0 Å². The number of aryl methyl sites for hydroxylation is 1. The molecule has 0 unspecified atom stereocenters. The average Bonchev–Trinajstić information content (AvgIpc) is 2.57. The van der Waals surface area contributed by atoms with E-state index in [0.717, 1.165) is 31.6 Å². The minimum Gasteiger partial charge on any atom is -0.382 e. The van der Waals surface area contributed by atoms with Crippen LogP contribution in [0, 0.1) is 6.92 Å². The molecule has 0 spiro atoms. The number of primary sulfonamides is 1. The van der Waals surface area contributed by atoms with Crippen LogP contribution in [0.25, 0.3) is 0 Å². The molecule has 0 aromatic heterocycles. The first-order valence-corrected chi connectivity index (χ1v) is 9.68. The number of nitrogens with one attached hydrogen (secondary N) is 1. The first-order valence-electron chi connectivity index (χ1n) is 8.13. The molecule has 1 aliphatic rings. The average molecular weight is 345 g/mol. The summed E-state index contributed by atoms with van der Waals surface area (Å²) in [4.78, 5) is 2.44. The third-order valence-corrected chi connectivity index (χ3v) is 5.46. The van der Waals surface area contributed by atoms with Gasteiger partial charge in [-0.05, 0) is 55.7 Å². The van der Waals surface area contributed by atoms with Gasteiger partial charge in [-0.2, -0.15) is 0 Å². The molecule has 6 heteroatoms. The van der Waals surface area contributed by atoms with Gasteiger partial charge in [-0.3, -0.25) is 0 Å². The number of rotatable bonds is 4. The summed E-state index contributed by atoms with van der Waals surface area (Å²) in [5.74, 6) is 0. The van der Waals surface area contributed by atoms with Crippen LogP contribution in [0.4, 0.5) is 11.4 Å². The van der Waals surface area contributed by atoms with E-state index in [1.165, 1.54) is 11.3 Å². The molecule has 3 N–H and O–H groups in total. The number of benzene rings is 2. The molecular formula is C18H23N3O2S. The third kappa shape index (κ3) is 3.88. The highest BCUT2D eigenvalue weighted by atomic mass is 32.2. The van der Waals surface area contributed by atoms with Gasteiger partial charge in [0.25, 0.3) is 0 Å². The number of para-hydroxylation sites is 1. The fraction of sp³-hybridized carbons (Fsp3) is 0.333. The molecule has 0 amide bonds. The van der Waals surface area contributed by atoms with E-state index in [-0.39, 0.29) is 4.90 Å². The molecule has 0 aliphatic carbocycles. The van der Waals surface area contributed by atoms with Gasteiger partial charge in [0.15, 0.2) is 0 Å². The van der Waals surface area contributed by atoms with Crippen LogP contribution in [0.5, 0.6) is 0 Å². The molecule has 128 valence electrons. The van der Waals surface area contributed by atoms with Gasteiger partial charge in [0.2, 0.25) is 10.0 Å². The number of hydrogen-bond acceptors (Lipinski definition) is 4. The van der Waals surface area contributed by atoms with Gasteiger partial charge in [0, 0.05) is 30.5 Å². The topological polar surface area (TPSA) is 75.4 Å². The molecule has 2 aromatic rings. The van der Waals surface area contributed by atoms with Crippen LogP contribution in [0.15, 0.2) is 53.4 Å². The standard InChI is InChI=1S/C18H23N3O2S/c1-14-4-2-3-5-18(14)20-15-10-12-21(13-11-15)16-6-8-17(9-7-16)24(19,22)23/h2-9,15,20H,10-13H2,1H3,(H2,19,22,23). The highest BCUT2D eigenvalue weighted by molar-refractivity contribution is 7.89. The molecule has 1 saturated heterocycles. The van der Waals surface area contributed by atoms with Gasteiger partial charge in [0.05, 0.1) is 4.90 Å². The van der Waals surface area contributed by atoms with Crippen LogP contribution in [0.2, 0.25) is 0 Å². The molecule has 24 heavy (non-hydrogen) atoms. The molecule has 0 radical (unpaired) electrons. The number of nitrogens with zero attached hydrogens (tertiary/aromatic N) is 1. The smallest absolute Gasteiger partial charge is 0.238 e. The van der Waals surface area contributed by atoms with Crippen LogP contribution in [0.3, 0.4) is 0 Å². The molecule has 1 aliphatic heterocycles. The molecule has 1 fully saturated rings. The van der Waals surface area contributed by atoms with E-state index in [1.54, 1.807) is 12.1 Å². The molecule has 0 saturated carbocycles.